The van der Waals surface area contributed by atoms with Gasteiger partial charge in [0.05, 0.1) is 0 Å². The Morgan fingerprint density at radius 1 is 1.09 bits per heavy atom. The predicted molar refractivity (Wildman–Crippen MR) is 40.0 cm³/mol. The Balaban J connectivity index is 2.39. The fourth-order valence-electron chi connectivity index (χ4n) is 1.02. The van der Waals surface area contributed by atoms with Crippen LogP contribution in [0.2, 0.25) is 0 Å². The highest BCUT2D eigenvalue weighted by Gasteiger charge is 2.08. The van der Waals surface area contributed by atoms with Crippen molar-refractivity contribution in [3.63, 3.8) is 0 Å². The van der Waals surface area contributed by atoms with E-state index in [1.807, 2.05) is 0 Å². The maximum Gasteiger partial charge on any atom is 0.321 e. The fourth-order valence-corrected chi connectivity index (χ4v) is 1.02. The first kappa shape index (κ1) is 8.04. The number of imide groups is 1. The third-order valence-corrected chi connectivity index (χ3v) is 1.62. The molecule has 1 rings (SSSR count). The van der Waals surface area contributed by atoms with Crippen LogP contribution in [0.5, 0.6) is 0 Å². The zero-order valence-corrected chi connectivity index (χ0v) is 6.35. The summed E-state index contributed by atoms with van der Waals surface area (Å²) in [5.41, 5.74) is 0. The topological polar surface area (TPSA) is 58.2 Å². The molecular formula is C7H12N2O2. The van der Waals surface area contributed by atoms with Gasteiger partial charge in [-0.3, -0.25) is 10.1 Å². The maximum atomic E-state index is 10.8. The van der Waals surface area contributed by atoms with Crippen LogP contribution in [0.3, 0.4) is 0 Å². The van der Waals surface area contributed by atoms with Crippen molar-refractivity contribution < 1.29 is 9.59 Å². The van der Waals surface area contributed by atoms with Gasteiger partial charge in [0.25, 0.3) is 0 Å². The molecule has 62 valence electrons. The lowest BCUT2D eigenvalue weighted by molar-refractivity contribution is -0.120. The summed E-state index contributed by atoms with van der Waals surface area (Å²) in [6.45, 7) is 0.666. The zero-order valence-electron chi connectivity index (χ0n) is 6.35. The Hall–Kier alpha value is -1.06. The van der Waals surface area contributed by atoms with Gasteiger partial charge in [-0.05, 0) is 12.8 Å². The summed E-state index contributed by atoms with van der Waals surface area (Å²) >= 11 is 0. The molecule has 4 nitrogen and oxygen atoms in total. The van der Waals surface area contributed by atoms with Gasteiger partial charge < -0.3 is 5.32 Å². The maximum absolute atomic E-state index is 10.8. The van der Waals surface area contributed by atoms with E-state index in [0.29, 0.717) is 13.0 Å². The minimum absolute atomic E-state index is 0.176. The minimum atomic E-state index is -0.364. The summed E-state index contributed by atoms with van der Waals surface area (Å²) in [5, 5.41) is 4.82. The second kappa shape index (κ2) is 3.95. The quantitative estimate of drug-likeness (QED) is 0.533. The van der Waals surface area contributed by atoms with Crippen molar-refractivity contribution in [1.29, 1.82) is 0 Å². The first-order valence-corrected chi connectivity index (χ1v) is 3.87. The molecule has 0 radical (unpaired) electrons. The summed E-state index contributed by atoms with van der Waals surface area (Å²) in [7, 11) is 0. The molecule has 0 unspecified atom stereocenters. The first-order chi connectivity index (χ1) is 5.29. The highest BCUT2D eigenvalue weighted by Crippen LogP contribution is 2.00. The molecule has 0 aliphatic carbocycles. The average Bonchev–Trinajstić information content (AvgIpc) is 2.02. The number of urea groups is 1. The van der Waals surface area contributed by atoms with Crippen LogP contribution in [0.15, 0.2) is 0 Å². The van der Waals surface area contributed by atoms with E-state index >= 15 is 0 Å². The van der Waals surface area contributed by atoms with E-state index in [1.54, 1.807) is 0 Å². The van der Waals surface area contributed by atoms with E-state index < -0.39 is 0 Å². The highest BCUT2D eigenvalue weighted by molar-refractivity contribution is 5.94. The lowest BCUT2D eigenvalue weighted by Crippen LogP contribution is -2.38. The highest BCUT2D eigenvalue weighted by atomic mass is 16.2. The van der Waals surface area contributed by atoms with E-state index in [2.05, 4.69) is 10.6 Å². The van der Waals surface area contributed by atoms with E-state index in [4.69, 9.17) is 0 Å². The molecule has 0 aromatic heterocycles. The second-order valence-electron chi connectivity index (χ2n) is 2.61. The Bertz CT molecular complexity index is 150. The number of nitrogens with one attached hydrogen (secondary N) is 2. The molecule has 1 aliphatic rings. The van der Waals surface area contributed by atoms with Gasteiger partial charge in [-0.25, -0.2) is 4.79 Å². The van der Waals surface area contributed by atoms with Crippen LogP contribution in [0, 0.1) is 0 Å². The van der Waals surface area contributed by atoms with Crippen LogP contribution in [0.1, 0.15) is 25.7 Å². The number of rotatable bonds is 0. The molecule has 0 atom stereocenters. The van der Waals surface area contributed by atoms with E-state index in [0.717, 1.165) is 19.3 Å². The molecule has 2 N–H and O–H groups in total. The summed E-state index contributed by atoms with van der Waals surface area (Å²) < 4.78 is 0. The van der Waals surface area contributed by atoms with Crippen molar-refractivity contribution in [2.75, 3.05) is 6.54 Å². The SMILES string of the molecule is O=C1CCCCCNC(=O)N1. The predicted octanol–water partition coefficient (Wildman–Crippen LogP) is 0.386. The van der Waals surface area contributed by atoms with Crippen LogP contribution >= 0.6 is 0 Å². The molecule has 1 aliphatic heterocycles. The lowest BCUT2D eigenvalue weighted by Gasteiger charge is -2.01. The molecule has 0 saturated carbocycles. The summed E-state index contributed by atoms with van der Waals surface area (Å²) in [4.78, 5) is 21.6. The van der Waals surface area contributed by atoms with Gasteiger partial charge in [0.1, 0.15) is 0 Å². The van der Waals surface area contributed by atoms with Crippen LogP contribution in [0.25, 0.3) is 0 Å². The number of carbonyl (C=O) groups excluding carboxylic acids is 2. The number of amides is 3. The largest absolute Gasteiger partial charge is 0.338 e. The van der Waals surface area contributed by atoms with Gasteiger partial charge in [-0.15, -0.1) is 0 Å². The van der Waals surface area contributed by atoms with Gasteiger partial charge in [-0.1, -0.05) is 6.42 Å². The molecule has 0 aromatic rings. The lowest BCUT2D eigenvalue weighted by atomic mass is 10.2. The van der Waals surface area contributed by atoms with E-state index in [9.17, 15) is 9.59 Å². The second-order valence-corrected chi connectivity index (χ2v) is 2.61. The van der Waals surface area contributed by atoms with Crippen molar-refractivity contribution in [2.45, 2.75) is 25.7 Å². The third kappa shape index (κ3) is 3.02. The molecule has 3 amide bonds. The van der Waals surface area contributed by atoms with Crippen molar-refractivity contribution in [1.82, 2.24) is 10.6 Å². The van der Waals surface area contributed by atoms with Crippen LogP contribution in [-0.2, 0) is 4.79 Å². The van der Waals surface area contributed by atoms with E-state index in [1.165, 1.54) is 0 Å². The van der Waals surface area contributed by atoms with Gasteiger partial charge >= 0.3 is 6.03 Å². The normalized spacial score (nSPS) is 20.7. The first-order valence-electron chi connectivity index (χ1n) is 3.87. The van der Waals surface area contributed by atoms with Crippen molar-refractivity contribution in [3.05, 3.63) is 0 Å². The van der Waals surface area contributed by atoms with Gasteiger partial charge in [-0.2, -0.15) is 0 Å². The Morgan fingerprint density at radius 2 is 1.91 bits per heavy atom. The van der Waals surface area contributed by atoms with Crippen LogP contribution in [0.4, 0.5) is 4.79 Å². The molecular weight excluding hydrogens is 144 g/mol. The standard InChI is InChI=1S/C7H12N2O2/c10-6-4-2-1-3-5-8-7(11)9-6/h1-5H2,(H2,8,9,10,11). The van der Waals surface area contributed by atoms with Crippen molar-refractivity contribution in [3.8, 4) is 0 Å². The molecule has 4 heteroatoms. The summed E-state index contributed by atoms with van der Waals surface area (Å²) in [6.07, 6.45) is 3.31. The summed E-state index contributed by atoms with van der Waals surface area (Å²) in [6, 6.07) is -0.364. The molecule has 0 spiro atoms. The fraction of sp³-hybridized carbons (Fsp3) is 0.714. The third-order valence-electron chi connectivity index (χ3n) is 1.62. The Kier molecular flexibility index (Phi) is 2.89. The number of hydrogen-bond acceptors (Lipinski definition) is 2. The molecule has 1 heterocycles. The molecule has 11 heavy (non-hydrogen) atoms. The minimum Gasteiger partial charge on any atom is -0.338 e. The van der Waals surface area contributed by atoms with Gasteiger partial charge in [0, 0.05) is 13.0 Å². The van der Waals surface area contributed by atoms with Gasteiger partial charge in [0.2, 0.25) is 5.91 Å². The van der Waals surface area contributed by atoms with E-state index in [-0.39, 0.29) is 11.9 Å². The van der Waals surface area contributed by atoms with Crippen molar-refractivity contribution in [2.24, 2.45) is 0 Å². The molecule has 1 saturated heterocycles. The van der Waals surface area contributed by atoms with Crippen molar-refractivity contribution >= 4 is 11.9 Å². The Labute approximate surface area is 65.3 Å². The zero-order chi connectivity index (χ0) is 8.10. The Morgan fingerprint density at radius 3 is 2.73 bits per heavy atom. The number of carbonyl (C=O) groups is 2. The average molecular weight is 156 g/mol. The van der Waals surface area contributed by atoms with Crippen LogP contribution < -0.4 is 10.6 Å². The monoisotopic (exact) mass is 156 g/mol. The van der Waals surface area contributed by atoms with Crippen LogP contribution in [-0.4, -0.2) is 18.5 Å². The molecule has 1 fully saturated rings. The number of hydrogen-bond donors (Lipinski definition) is 2. The molecule has 0 aromatic carbocycles. The van der Waals surface area contributed by atoms with Gasteiger partial charge in [0.15, 0.2) is 0 Å². The molecule has 0 bridgehead atoms. The summed E-state index contributed by atoms with van der Waals surface area (Å²) in [5.74, 6) is -0.176. The smallest absolute Gasteiger partial charge is 0.321 e.